The van der Waals surface area contributed by atoms with Crippen LogP contribution in [0.25, 0.3) is 0 Å². The lowest BCUT2D eigenvalue weighted by molar-refractivity contribution is -0.118. The maximum atomic E-state index is 13.1. The quantitative estimate of drug-likeness (QED) is 0.883. The zero-order valence-corrected chi connectivity index (χ0v) is 11.6. The molecule has 2 aromatic rings. The molecule has 0 saturated heterocycles. The summed E-state index contributed by atoms with van der Waals surface area (Å²) in [6.07, 6.45) is 0.945. The molecule has 0 spiro atoms. The molecule has 0 heterocycles. The molecule has 0 amide bonds. The van der Waals surface area contributed by atoms with Crippen LogP contribution in [-0.2, 0) is 11.2 Å². The van der Waals surface area contributed by atoms with E-state index < -0.39 is 11.6 Å². The molecule has 4 heteroatoms. The van der Waals surface area contributed by atoms with Crippen LogP contribution >= 0.6 is 0 Å². The second-order valence-corrected chi connectivity index (χ2v) is 5.02. The Labute approximate surface area is 122 Å². The van der Waals surface area contributed by atoms with E-state index >= 15 is 0 Å². The molecule has 2 N–H and O–H groups in total. The molecule has 0 radical (unpaired) electrons. The van der Waals surface area contributed by atoms with Gasteiger partial charge in [-0.15, -0.1) is 0 Å². The second-order valence-electron chi connectivity index (χ2n) is 5.02. The van der Waals surface area contributed by atoms with E-state index in [-0.39, 0.29) is 18.2 Å². The van der Waals surface area contributed by atoms with Crippen LogP contribution in [-0.4, -0.2) is 5.78 Å². The van der Waals surface area contributed by atoms with Crippen molar-refractivity contribution in [2.24, 2.45) is 5.73 Å². The van der Waals surface area contributed by atoms with Gasteiger partial charge in [0.2, 0.25) is 0 Å². The van der Waals surface area contributed by atoms with Crippen LogP contribution in [0.5, 0.6) is 0 Å². The fourth-order valence-electron chi connectivity index (χ4n) is 2.15. The minimum absolute atomic E-state index is 0.0348. The topological polar surface area (TPSA) is 43.1 Å². The maximum absolute atomic E-state index is 13.1. The molecular formula is C17H17F2NO. The first-order valence-corrected chi connectivity index (χ1v) is 6.82. The number of Topliss-reactive ketones (excluding diaryl/α,β-unsaturated/α-hetero) is 1. The summed E-state index contributed by atoms with van der Waals surface area (Å²) in [5, 5.41) is 0. The first kappa shape index (κ1) is 15.3. The van der Waals surface area contributed by atoms with Crippen LogP contribution < -0.4 is 5.73 Å². The Morgan fingerprint density at radius 2 is 1.76 bits per heavy atom. The summed E-state index contributed by atoms with van der Waals surface area (Å²) in [6, 6.07) is 12.9. The minimum atomic E-state index is -0.929. The van der Waals surface area contributed by atoms with Crippen molar-refractivity contribution in [3.8, 4) is 0 Å². The maximum Gasteiger partial charge on any atom is 0.159 e. The Morgan fingerprint density at radius 1 is 1.05 bits per heavy atom. The normalized spacial score (nSPS) is 12.1. The third-order valence-electron chi connectivity index (χ3n) is 3.35. The zero-order chi connectivity index (χ0) is 15.2. The Morgan fingerprint density at radius 3 is 2.43 bits per heavy atom. The SMILES string of the molecule is NC(CCC(=O)Cc1ccc(F)c(F)c1)c1ccccc1. The Kier molecular flexibility index (Phi) is 5.17. The van der Waals surface area contributed by atoms with E-state index in [4.69, 9.17) is 5.73 Å². The first-order valence-electron chi connectivity index (χ1n) is 6.82. The number of hydrogen-bond donors (Lipinski definition) is 1. The Bertz CT molecular complexity index is 613. The molecule has 0 saturated carbocycles. The lowest BCUT2D eigenvalue weighted by atomic mass is 9.99. The van der Waals surface area contributed by atoms with Crippen molar-refractivity contribution in [2.45, 2.75) is 25.3 Å². The first-order chi connectivity index (χ1) is 10.1. The number of benzene rings is 2. The molecule has 0 aliphatic heterocycles. The van der Waals surface area contributed by atoms with Crippen LogP contribution in [0.3, 0.4) is 0 Å². The molecule has 1 unspecified atom stereocenters. The molecule has 1 atom stereocenters. The molecule has 2 nitrogen and oxygen atoms in total. The van der Waals surface area contributed by atoms with Crippen molar-refractivity contribution in [1.29, 1.82) is 0 Å². The number of carbonyl (C=O) groups excluding carboxylic acids is 1. The third kappa shape index (κ3) is 4.46. The van der Waals surface area contributed by atoms with E-state index in [1.54, 1.807) is 0 Å². The molecule has 21 heavy (non-hydrogen) atoms. The van der Waals surface area contributed by atoms with Crippen molar-refractivity contribution in [1.82, 2.24) is 0 Å². The minimum Gasteiger partial charge on any atom is -0.324 e. The predicted octanol–water partition coefficient (Wildman–Crippen LogP) is 3.56. The van der Waals surface area contributed by atoms with Gasteiger partial charge < -0.3 is 5.73 Å². The van der Waals surface area contributed by atoms with Crippen LogP contribution in [0.4, 0.5) is 8.78 Å². The van der Waals surface area contributed by atoms with E-state index in [0.717, 1.165) is 17.7 Å². The largest absolute Gasteiger partial charge is 0.324 e. The van der Waals surface area contributed by atoms with Gasteiger partial charge in [-0.25, -0.2) is 8.78 Å². The fourth-order valence-corrected chi connectivity index (χ4v) is 2.15. The van der Waals surface area contributed by atoms with Crippen LogP contribution in [0.15, 0.2) is 48.5 Å². The summed E-state index contributed by atoms with van der Waals surface area (Å²) in [4.78, 5) is 11.9. The molecule has 0 fully saturated rings. The van der Waals surface area contributed by atoms with Crippen LogP contribution in [0.2, 0.25) is 0 Å². The standard InChI is InChI=1S/C17H17F2NO/c18-15-8-6-12(11-16(15)19)10-14(21)7-9-17(20)13-4-2-1-3-5-13/h1-6,8,11,17H,7,9-10,20H2. The van der Waals surface area contributed by atoms with E-state index in [2.05, 4.69) is 0 Å². The predicted molar refractivity (Wildman–Crippen MR) is 77.7 cm³/mol. The summed E-state index contributed by atoms with van der Waals surface area (Å²) < 4.78 is 25.9. The highest BCUT2D eigenvalue weighted by molar-refractivity contribution is 5.80. The average molecular weight is 289 g/mol. The van der Waals surface area contributed by atoms with Gasteiger partial charge in [0, 0.05) is 18.9 Å². The zero-order valence-electron chi connectivity index (χ0n) is 11.6. The number of halogens is 2. The van der Waals surface area contributed by atoms with Gasteiger partial charge in [0.15, 0.2) is 11.6 Å². The molecule has 0 aromatic heterocycles. The van der Waals surface area contributed by atoms with Crippen molar-refractivity contribution in [3.63, 3.8) is 0 Å². The van der Waals surface area contributed by atoms with Gasteiger partial charge in [0.05, 0.1) is 0 Å². The summed E-state index contributed by atoms with van der Waals surface area (Å²) >= 11 is 0. The van der Waals surface area contributed by atoms with Crippen LogP contribution in [0, 0.1) is 11.6 Å². The molecule has 2 aromatic carbocycles. The molecule has 2 rings (SSSR count). The van der Waals surface area contributed by atoms with Crippen molar-refractivity contribution in [2.75, 3.05) is 0 Å². The van der Waals surface area contributed by atoms with Crippen LogP contribution in [0.1, 0.15) is 30.0 Å². The number of nitrogens with two attached hydrogens (primary N) is 1. The smallest absolute Gasteiger partial charge is 0.159 e. The van der Waals surface area contributed by atoms with Crippen molar-refractivity contribution < 1.29 is 13.6 Å². The highest BCUT2D eigenvalue weighted by Crippen LogP contribution is 2.16. The number of carbonyl (C=O) groups is 1. The second kappa shape index (κ2) is 7.09. The molecular weight excluding hydrogens is 272 g/mol. The lowest BCUT2D eigenvalue weighted by Crippen LogP contribution is -2.13. The van der Waals surface area contributed by atoms with Gasteiger partial charge in [-0.05, 0) is 29.7 Å². The molecule has 0 bridgehead atoms. The van der Waals surface area contributed by atoms with Gasteiger partial charge in [0.1, 0.15) is 5.78 Å². The van der Waals surface area contributed by atoms with Gasteiger partial charge in [-0.2, -0.15) is 0 Å². The highest BCUT2D eigenvalue weighted by atomic mass is 19.2. The Balaban J connectivity index is 1.86. The average Bonchev–Trinajstić information content (AvgIpc) is 2.49. The van der Waals surface area contributed by atoms with Crippen molar-refractivity contribution in [3.05, 3.63) is 71.3 Å². The van der Waals surface area contributed by atoms with E-state index in [9.17, 15) is 13.6 Å². The van der Waals surface area contributed by atoms with Gasteiger partial charge in [0.25, 0.3) is 0 Å². The number of rotatable bonds is 6. The van der Waals surface area contributed by atoms with Gasteiger partial charge >= 0.3 is 0 Å². The molecule has 0 aliphatic rings. The fraction of sp³-hybridized carbons (Fsp3) is 0.235. The van der Waals surface area contributed by atoms with E-state index in [1.165, 1.54) is 6.07 Å². The highest BCUT2D eigenvalue weighted by Gasteiger charge is 2.11. The van der Waals surface area contributed by atoms with Crippen molar-refractivity contribution >= 4 is 5.78 Å². The summed E-state index contributed by atoms with van der Waals surface area (Å²) in [5.41, 5.74) is 7.48. The summed E-state index contributed by atoms with van der Waals surface area (Å²) in [6.45, 7) is 0. The summed E-state index contributed by atoms with van der Waals surface area (Å²) in [7, 11) is 0. The van der Waals surface area contributed by atoms with Gasteiger partial charge in [-0.1, -0.05) is 36.4 Å². The number of ketones is 1. The number of hydrogen-bond acceptors (Lipinski definition) is 2. The van der Waals surface area contributed by atoms with E-state index in [1.807, 2.05) is 30.3 Å². The lowest BCUT2D eigenvalue weighted by Gasteiger charge is -2.11. The third-order valence-corrected chi connectivity index (χ3v) is 3.35. The van der Waals surface area contributed by atoms with E-state index in [0.29, 0.717) is 18.4 Å². The molecule has 0 aliphatic carbocycles. The summed E-state index contributed by atoms with van der Waals surface area (Å²) in [5.74, 6) is -1.87. The Hall–Kier alpha value is -2.07. The molecule has 110 valence electrons. The monoisotopic (exact) mass is 289 g/mol. The van der Waals surface area contributed by atoms with Gasteiger partial charge in [-0.3, -0.25) is 4.79 Å².